The molecule has 112 valence electrons. The number of rotatable bonds is 1. The molecule has 0 bridgehead atoms. The van der Waals surface area contributed by atoms with Crippen molar-refractivity contribution in [2.45, 2.75) is 12.5 Å². The molecule has 1 saturated heterocycles. The van der Waals surface area contributed by atoms with Crippen LogP contribution in [0, 0.1) is 0 Å². The quantitative estimate of drug-likeness (QED) is 0.718. The lowest BCUT2D eigenvalue weighted by atomic mass is 9.84. The Morgan fingerprint density at radius 1 is 1.45 bits per heavy atom. The second-order valence-corrected chi connectivity index (χ2v) is 5.50. The zero-order valence-electron chi connectivity index (χ0n) is 11.9. The van der Waals surface area contributed by atoms with Crippen molar-refractivity contribution in [3.8, 4) is 0 Å². The van der Waals surface area contributed by atoms with Crippen LogP contribution in [0.1, 0.15) is 6.92 Å². The average Bonchev–Trinajstić information content (AvgIpc) is 2.87. The molecule has 4 aliphatic rings. The van der Waals surface area contributed by atoms with Gasteiger partial charge in [0, 0.05) is 25.6 Å². The van der Waals surface area contributed by atoms with Crippen LogP contribution in [-0.2, 0) is 9.59 Å². The molecule has 1 atom stereocenters. The van der Waals surface area contributed by atoms with E-state index in [0.717, 1.165) is 5.82 Å². The van der Waals surface area contributed by atoms with Crippen molar-refractivity contribution in [1.82, 2.24) is 20.8 Å². The van der Waals surface area contributed by atoms with Gasteiger partial charge in [-0.2, -0.15) is 0 Å². The number of nitrogens with one attached hydrogen (secondary N) is 2. The normalized spacial score (nSPS) is 28.0. The summed E-state index contributed by atoms with van der Waals surface area (Å²) in [7, 11) is 0. The van der Waals surface area contributed by atoms with E-state index >= 15 is 0 Å². The van der Waals surface area contributed by atoms with Gasteiger partial charge in [-0.3, -0.25) is 20.4 Å². The van der Waals surface area contributed by atoms with Gasteiger partial charge in [-0.1, -0.05) is 17.4 Å². The molecule has 1 spiro atoms. The van der Waals surface area contributed by atoms with Crippen LogP contribution in [0.5, 0.6) is 0 Å². The Morgan fingerprint density at radius 2 is 2.32 bits per heavy atom. The molecule has 4 rings (SSSR count). The predicted molar refractivity (Wildman–Crippen MR) is 76.3 cm³/mol. The molecule has 8 heteroatoms. The second-order valence-electron chi connectivity index (χ2n) is 5.50. The van der Waals surface area contributed by atoms with Gasteiger partial charge in [-0.15, -0.1) is 5.11 Å². The first kappa shape index (κ1) is 12.8. The number of carbonyl (C=O) groups is 2. The number of allylic oxidation sites excluding steroid dienone is 4. The first-order valence-corrected chi connectivity index (χ1v) is 6.95. The molecule has 0 radical (unpaired) electrons. The molecule has 8 nitrogen and oxygen atoms in total. The van der Waals surface area contributed by atoms with Crippen LogP contribution in [-0.4, -0.2) is 40.2 Å². The van der Waals surface area contributed by atoms with Crippen LogP contribution in [0.2, 0.25) is 0 Å². The number of hydrogen-bond acceptors (Lipinski definition) is 7. The van der Waals surface area contributed by atoms with Crippen LogP contribution in [0.15, 0.2) is 57.9 Å². The van der Waals surface area contributed by atoms with Gasteiger partial charge in [0.2, 0.25) is 5.91 Å². The minimum Gasteiger partial charge on any atom is -0.350 e. The summed E-state index contributed by atoms with van der Waals surface area (Å²) in [5, 5.41) is 9.86. The number of ketones is 1. The standard InChI is InChI=1S/C14H14N6O2/c1-9(21)16-20-12-7-10(22)6-11-14(12,17-18-15-11)8-19-5-3-2-4-13(19)20/h2-4,6-7H,5,8H2,1H3,(H,15,17)(H,16,21). The monoisotopic (exact) mass is 298 g/mol. The third-order valence-electron chi connectivity index (χ3n) is 4.02. The Morgan fingerprint density at radius 3 is 3.14 bits per heavy atom. The van der Waals surface area contributed by atoms with Crippen molar-refractivity contribution < 1.29 is 9.59 Å². The summed E-state index contributed by atoms with van der Waals surface area (Å²) < 4.78 is 0. The summed E-state index contributed by atoms with van der Waals surface area (Å²) in [6.07, 6.45) is 8.85. The lowest BCUT2D eigenvalue weighted by Crippen LogP contribution is -2.61. The van der Waals surface area contributed by atoms with Crippen LogP contribution < -0.4 is 10.9 Å². The minimum atomic E-state index is -0.779. The number of hydrazine groups is 1. The molecular weight excluding hydrogens is 284 g/mol. The molecule has 3 aliphatic heterocycles. The van der Waals surface area contributed by atoms with Gasteiger partial charge < -0.3 is 4.90 Å². The lowest BCUT2D eigenvalue weighted by molar-refractivity contribution is -0.123. The number of fused-ring (bicyclic) bond motifs is 1. The van der Waals surface area contributed by atoms with E-state index in [4.69, 9.17) is 0 Å². The largest absolute Gasteiger partial charge is 0.350 e. The van der Waals surface area contributed by atoms with Crippen LogP contribution in [0.4, 0.5) is 0 Å². The first-order chi connectivity index (χ1) is 10.6. The van der Waals surface area contributed by atoms with Crippen LogP contribution in [0.3, 0.4) is 0 Å². The van der Waals surface area contributed by atoms with Gasteiger partial charge in [-0.05, 0) is 6.08 Å². The van der Waals surface area contributed by atoms with Crippen molar-refractivity contribution in [2.75, 3.05) is 13.1 Å². The summed E-state index contributed by atoms with van der Waals surface area (Å²) in [6, 6.07) is 0. The van der Waals surface area contributed by atoms with Crippen molar-refractivity contribution in [3.63, 3.8) is 0 Å². The van der Waals surface area contributed by atoms with Gasteiger partial charge in [0.1, 0.15) is 5.82 Å². The van der Waals surface area contributed by atoms with E-state index in [1.54, 1.807) is 5.01 Å². The Balaban J connectivity index is 1.87. The van der Waals surface area contributed by atoms with E-state index < -0.39 is 5.54 Å². The highest BCUT2D eigenvalue weighted by Crippen LogP contribution is 2.43. The molecule has 1 unspecified atom stereocenters. The minimum absolute atomic E-state index is 0.156. The third kappa shape index (κ3) is 1.63. The fourth-order valence-corrected chi connectivity index (χ4v) is 3.11. The topological polar surface area (TPSA) is 89.4 Å². The zero-order chi connectivity index (χ0) is 15.3. The molecule has 3 heterocycles. The van der Waals surface area contributed by atoms with Crippen molar-refractivity contribution >= 4 is 11.7 Å². The van der Waals surface area contributed by atoms with Gasteiger partial charge in [0.15, 0.2) is 11.3 Å². The van der Waals surface area contributed by atoms with Crippen LogP contribution in [0.25, 0.3) is 0 Å². The van der Waals surface area contributed by atoms with Gasteiger partial charge >= 0.3 is 0 Å². The smallest absolute Gasteiger partial charge is 0.235 e. The second kappa shape index (κ2) is 4.30. The molecule has 2 N–H and O–H groups in total. The third-order valence-corrected chi connectivity index (χ3v) is 4.02. The van der Waals surface area contributed by atoms with Gasteiger partial charge in [0.25, 0.3) is 0 Å². The fraction of sp³-hybridized carbons (Fsp3) is 0.286. The highest BCUT2D eigenvalue weighted by atomic mass is 16.2. The molecule has 0 saturated carbocycles. The van der Waals surface area contributed by atoms with Crippen LogP contribution >= 0.6 is 0 Å². The van der Waals surface area contributed by atoms with E-state index in [1.165, 1.54) is 19.1 Å². The highest BCUT2D eigenvalue weighted by molar-refractivity contribution is 6.02. The number of amides is 1. The number of hydrogen-bond donors (Lipinski definition) is 2. The maximum atomic E-state index is 12.0. The molecule has 0 aromatic carbocycles. The first-order valence-electron chi connectivity index (χ1n) is 6.95. The van der Waals surface area contributed by atoms with E-state index in [0.29, 0.717) is 24.5 Å². The summed E-state index contributed by atoms with van der Waals surface area (Å²) in [5.74, 6) is 0.432. The maximum absolute atomic E-state index is 12.0. The molecule has 1 aliphatic carbocycles. The Labute approximate surface area is 126 Å². The maximum Gasteiger partial charge on any atom is 0.235 e. The highest BCUT2D eigenvalue weighted by Gasteiger charge is 2.53. The van der Waals surface area contributed by atoms with Gasteiger partial charge in [0.05, 0.1) is 17.9 Å². The predicted octanol–water partition coefficient (Wildman–Crippen LogP) is 0.126. The fourth-order valence-electron chi connectivity index (χ4n) is 3.11. The number of carbonyl (C=O) groups excluding carboxylic acids is 2. The molecule has 1 amide bonds. The molecule has 22 heavy (non-hydrogen) atoms. The zero-order valence-corrected chi connectivity index (χ0v) is 11.9. The van der Waals surface area contributed by atoms with E-state index in [-0.39, 0.29) is 11.7 Å². The van der Waals surface area contributed by atoms with E-state index in [2.05, 4.69) is 26.1 Å². The Kier molecular flexibility index (Phi) is 2.50. The molecule has 0 aromatic heterocycles. The Hall–Kier alpha value is -2.90. The lowest BCUT2D eigenvalue weighted by Gasteiger charge is -2.49. The summed E-state index contributed by atoms with van der Waals surface area (Å²) >= 11 is 0. The number of nitrogens with zero attached hydrogens (tertiary/aromatic N) is 4. The summed E-state index contributed by atoms with van der Waals surface area (Å²) in [4.78, 5) is 25.7. The van der Waals surface area contributed by atoms with E-state index in [1.807, 2.05) is 18.2 Å². The molecular formula is C14H14N6O2. The SMILES string of the molecule is CC(=O)NN1C2=CC=CCN2CC23N=NNC2=CC(=O)C=C13. The average molecular weight is 298 g/mol. The summed E-state index contributed by atoms with van der Waals surface area (Å²) in [5.41, 5.74) is 6.05. The van der Waals surface area contributed by atoms with Gasteiger partial charge in [-0.25, -0.2) is 5.01 Å². The van der Waals surface area contributed by atoms with E-state index in [9.17, 15) is 9.59 Å². The van der Waals surface area contributed by atoms with Crippen molar-refractivity contribution in [1.29, 1.82) is 0 Å². The van der Waals surface area contributed by atoms with Crippen molar-refractivity contribution in [3.05, 3.63) is 47.6 Å². The molecule has 1 fully saturated rings. The Bertz CT molecular complexity index is 732. The van der Waals surface area contributed by atoms with Crippen molar-refractivity contribution in [2.24, 2.45) is 10.3 Å². The summed E-state index contributed by atoms with van der Waals surface area (Å²) in [6.45, 7) is 2.69. The molecule has 0 aromatic rings.